The Balaban J connectivity index is 1.64. The summed E-state index contributed by atoms with van der Waals surface area (Å²) in [5, 5.41) is 3.50. The number of sulfonamides is 1. The molecule has 1 atom stereocenters. The summed E-state index contributed by atoms with van der Waals surface area (Å²) in [7, 11) is -3.70. The molecule has 0 fully saturated rings. The highest BCUT2D eigenvalue weighted by Crippen LogP contribution is 2.17. The number of carbonyl (C=O) groups is 1. The molecule has 0 aliphatic rings. The summed E-state index contributed by atoms with van der Waals surface area (Å²) >= 11 is 5.87. The van der Waals surface area contributed by atoms with Crippen LogP contribution in [-0.4, -0.2) is 14.3 Å². The molecule has 0 radical (unpaired) electrons. The molecule has 0 bridgehead atoms. The van der Waals surface area contributed by atoms with Crippen molar-refractivity contribution in [3.63, 3.8) is 0 Å². The molecule has 1 amide bonds. The Hall–Kier alpha value is -2.61. The molecule has 0 saturated carbocycles. The van der Waals surface area contributed by atoms with Gasteiger partial charge in [-0.1, -0.05) is 23.7 Å². The number of hydrogen-bond acceptors (Lipinski definition) is 4. The van der Waals surface area contributed by atoms with Gasteiger partial charge in [0.15, 0.2) is 0 Å². The summed E-state index contributed by atoms with van der Waals surface area (Å²) in [6.07, 6.45) is 1.47. The second kappa shape index (κ2) is 8.60. The Morgan fingerprint density at radius 2 is 1.75 bits per heavy atom. The van der Waals surface area contributed by atoms with E-state index in [2.05, 4.69) is 10.0 Å². The highest BCUT2D eigenvalue weighted by molar-refractivity contribution is 7.89. The number of benzene rings is 2. The zero-order valence-corrected chi connectivity index (χ0v) is 16.6. The van der Waals surface area contributed by atoms with E-state index in [4.69, 9.17) is 16.0 Å². The van der Waals surface area contributed by atoms with E-state index in [1.807, 2.05) is 19.1 Å². The molecular weight excluding hydrogens is 400 g/mol. The van der Waals surface area contributed by atoms with Crippen molar-refractivity contribution in [2.45, 2.75) is 24.4 Å². The Morgan fingerprint density at radius 3 is 2.36 bits per heavy atom. The van der Waals surface area contributed by atoms with Gasteiger partial charge < -0.3 is 9.73 Å². The summed E-state index contributed by atoms with van der Waals surface area (Å²) in [4.78, 5) is 12.5. The number of hydrogen-bond donors (Lipinski definition) is 2. The molecule has 3 rings (SSSR count). The summed E-state index contributed by atoms with van der Waals surface area (Å²) in [5.74, 6) is 0.214. The molecule has 0 aliphatic heterocycles. The van der Waals surface area contributed by atoms with E-state index in [1.54, 1.807) is 24.3 Å². The van der Waals surface area contributed by atoms with Crippen molar-refractivity contribution in [1.29, 1.82) is 0 Å². The highest BCUT2D eigenvalue weighted by Gasteiger charge is 2.16. The van der Waals surface area contributed by atoms with E-state index >= 15 is 0 Å². The Kier molecular flexibility index (Phi) is 6.18. The summed E-state index contributed by atoms with van der Waals surface area (Å²) in [6, 6.07) is 16.1. The van der Waals surface area contributed by atoms with Crippen molar-refractivity contribution in [3.05, 3.63) is 88.8 Å². The van der Waals surface area contributed by atoms with Crippen molar-refractivity contribution < 1.29 is 17.6 Å². The molecule has 0 unspecified atom stereocenters. The monoisotopic (exact) mass is 418 g/mol. The van der Waals surface area contributed by atoms with Crippen molar-refractivity contribution in [2.24, 2.45) is 0 Å². The lowest BCUT2D eigenvalue weighted by Gasteiger charge is -2.14. The van der Waals surface area contributed by atoms with Gasteiger partial charge in [0.25, 0.3) is 5.91 Å². The Labute approximate surface area is 168 Å². The molecule has 0 aliphatic carbocycles. The van der Waals surface area contributed by atoms with Gasteiger partial charge in [0, 0.05) is 10.6 Å². The third-order valence-electron chi connectivity index (χ3n) is 4.16. The minimum absolute atomic E-state index is 0.0518. The van der Waals surface area contributed by atoms with Gasteiger partial charge in [0.1, 0.15) is 5.76 Å². The number of carbonyl (C=O) groups excluding carboxylic acids is 1. The maximum atomic E-state index is 12.4. The number of halogens is 1. The van der Waals surface area contributed by atoms with Gasteiger partial charge in [-0.05, 0) is 61.0 Å². The van der Waals surface area contributed by atoms with E-state index in [1.165, 1.54) is 30.5 Å². The van der Waals surface area contributed by atoms with Crippen LogP contribution < -0.4 is 10.0 Å². The third-order valence-corrected chi connectivity index (χ3v) is 5.83. The van der Waals surface area contributed by atoms with E-state index < -0.39 is 10.0 Å². The SMILES string of the molecule is C[C@H](NC(=O)c1ccc(S(=O)(=O)NCc2ccco2)cc1)c1ccc(Cl)cc1. The van der Waals surface area contributed by atoms with Crippen LogP contribution in [0.4, 0.5) is 0 Å². The standard InChI is InChI=1S/C20H19ClN2O4S/c1-14(15-4-8-17(21)9-5-15)23-20(24)16-6-10-19(11-7-16)28(25,26)22-13-18-3-2-12-27-18/h2-12,14,22H,13H2,1H3,(H,23,24)/t14-/m0/s1. The highest BCUT2D eigenvalue weighted by atomic mass is 35.5. The zero-order chi connectivity index (χ0) is 20.1. The van der Waals surface area contributed by atoms with Crippen LogP contribution in [-0.2, 0) is 16.6 Å². The maximum Gasteiger partial charge on any atom is 0.251 e. The fourth-order valence-corrected chi connectivity index (χ4v) is 3.68. The van der Waals surface area contributed by atoms with Crippen LogP contribution in [0.3, 0.4) is 0 Å². The molecule has 2 aromatic carbocycles. The van der Waals surface area contributed by atoms with Crippen molar-refractivity contribution in [3.8, 4) is 0 Å². The number of nitrogens with one attached hydrogen (secondary N) is 2. The van der Waals surface area contributed by atoms with Gasteiger partial charge in [-0.3, -0.25) is 4.79 Å². The van der Waals surface area contributed by atoms with E-state index in [0.717, 1.165) is 5.56 Å². The molecule has 0 spiro atoms. The first kappa shape index (κ1) is 20.1. The quantitative estimate of drug-likeness (QED) is 0.609. The summed E-state index contributed by atoms with van der Waals surface area (Å²) in [5.41, 5.74) is 1.28. The first-order chi connectivity index (χ1) is 13.3. The summed E-state index contributed by atoms with van der Waals surface area (Å²) in [6.45, 7) is 1.91. The minimum Gasteiger partial charge on any atom is -0.468 e. The van der Waals surface area contributed by atoms with Gasteiger partial charge in [0.05, 0.1) is 23.7 Å². The van der Waals surface area contributed by atoms with E-state index in [-0.39, 0.29) is 23.4 Å². The van der Waals surface area contributed by atoms with Gasteiger partial charge in [0.2, 0.25) is 10.0 Å². The smallest absolute Gasteiger partial charge is 0.251 e. The minimum atomic E-state index is -3.70. The molecule has 1 heterocycles. The molecule has 6 nitrogen and oxygen atoms in total. The topological polar surface area (TPSA) is 88.4 Å². The lowest BCUT2D eigenvalue weighted by atomic mass is 10.1. The van der Waals surface area contributed by atoms with Crippen LogP contribution in [0.2, 0.25) is 5.02 Å². The zero-order valence-electron chi connectivity index (χ0n) is 15.1. The summed E-state index contributed by atoms with van der Waals surface area (Å²) < 4.78 is 32.2. The first-order valence-corrected chi connectivity index (χ1v) is 10.4. The van der Waals surface area contributed by atoms with Crippen LogP contribution in [0.25, 0.3) is 0 Å². The van der Waals surface area contributed by atoms with Gasteiger partial charge in [-0.25, -0.2) is 13.1 Å². The molecule has 1 aromatic heterocycles. The second-order valence-electron chi connectivity index (χ2n) is 6.17. The van der Waals surface area contributed by atoms with Crippen molar-refractivity contribution >= 4 is 27.5 Å². The molecular formula is C20H19ClN2O4S. The Morgan fingerprint density at radius 1 is 1.07 bits per heavy atom. The van der Waals surface area contributed by atoms with Crippen LogP contribution in [0, 0.1) is 0 Å². The predicted octanol–water partition coefficient (Wildman–Crippen LogP) is 3.90. The van der Waals surface area contributed by atoms with Gasteiger partial charge >= 0.3 is 0 Å². The van der Waals surface area contributed by atoms with Crippen molar-refractivity contribution in [1.82, 2.24) is 10.0 Å². The average molecular weight is 419 g/mol. The molecule has 0 saturated heterocycles. The maximum absolute atomic E-state index is 12.4. The fraction of sp³-hybridized carbons (Fsp3) is 0.150. The van der Waals surface area contributed by atoms with Crippen LogP contribution in [0.5, 0.6) is 0 Å². The normalized spacial score (nSPS) is 12.5. The number of furan rings is 1. The van der Waals surface area contributed by atoms with Gasteiger partial charge in [-0.15, -0.1) is 0 Å². The largest absolute Gasteiger partial charge is 0.468 e. The van der Waals surface area contributed by atoms with Crippen LogP contribution in [0.1, 0.15) is 34.6 Å². The molecule has 146 valence electrons. The van der Waals surface area contributed by atoms with Crippen LogP contribution in [0.15, 0.2) is 76.2 Å². The molecule has 3 aromatic rings. The third kappa shape index (κ3) is 5.01. The number of amides is 1. The fourth-order valence-electron chi connectivity index (χ4n) is 2.56. The predicted molar refractivity (Wildman–Crippen MR) is 107 cm³/mol. The van der Waals surface area contributed by atoms with E-state index in [0.29, 0.717) is 16.3 Å². The molecule has 28 heavy (non-hydrogen) atoms. The molecule has 2 N–H and O–H groups in total. The lowest BCUT2D eigenvalue weighted by Crippen LogP contribution is -2.27. The average Bonchev–Trinajstić information content (AvgIpc) is 3.21. The first-order valence-electron chi connectivity index (χ1n) is 8.53. The molecule has 8 heteroatoms. The van der Waals surface area contributed by atoms with Crippen LogP contribution >= 0.6 is 11.6 Å². The van der Waals surface area contributed by atoms with Gasteiger partial charge in [-0.2, -0.15) is 0 Å². The number of rotatable bonds is 7. The second-order valence-corrected chi connectivity index (χ2v) is 8.38. The Bertz CT molecular complexity index is 1030. The van der Waals surface area contributed by atoms with Crippen molar-refractivity contribution in [2.75, 3.05) is 0 Å². The van der Waals surface area contributed by atoms with E-state index in [9.17, 15) is 13.2 Å². The lowest BCUT2D eigenvalue weighted by molar-refractivity contribution is 0.0940.